The molecule has 10 heavy (non-hydrogen) atoms. The van der Waals surface area contributed by atoms with Gasteiger partial charge in [-0.1, -0.05) is 18.2 Å². The summed E-state index contributed by atoms with van der Waals surface area (Å²) in [6.07, 6.45) is 1.68. The maximum atomic E-state index is 5.77. The number of aromatic amines is 1. The summed E-state index contributed by atoms with van der Waals surface area (Å²) in [7, 11) is 0. The third kappa shape index (κ3) is 1.02. The summed E-state index contributed by atoms with van der Waals surface area (Å²) in [6.45, 7) is 5.52. The quantitative estimate of drug-likeness (QED) is 0.553. The Bertz CT molecular complexity index is 333. The zero-order valence-corrected chi connectivity index (χ0v) is 6.50. The molecule has 0 saturated carbocycles. The first-order valence-corrected chi connectivity index (χ1v) is 3.29. The first kappa shape index (κ1) is 7.22. The van der Waals surface area contributed by atoms with Crippen molar-refractivity contribution in [2.24, 2.45) is 5.73 Å². The first-order chi connectivity index (χ1) is 4.63. The van der Waals surface area contributed by atoms with Gasteiger partial charge in [0.15, 0.2) is 0 Å². The van der Waals surface area contributed by atoms with Gasteiger partial charge in [-0.2, -0.15) is 0 Å². The molecule has 0 aliphatic heterocycles. The van der Waals surface area contributed by atoms with Crippen molar-refractivity contribution in [2.75, 3.05) is 0 Å². The van der Waals surface area contributed by atoms with Gasteiger partial charge < -0.3 is 10.7 Å². The molecule has 0 aliphatic rings. The fourth-order valence-electron chi connectivity index (χ4n) is 0.865. The molecule has 0 amide bonds. The molecule has 0 saturated heterocycles. The molecule has 0 aromatic carbocycles. The van der Waals surface area contributed by atoms with E-state index in [1.807, 2.05) is 0 Å². The smallest absolute Gasteiger partial charge is 0.0676 e. The number of hydrogen-bond donors (Lipinski definition) is 2. The maximum Gasteiger partial charge on any atom is 0.0676 e. The Hall–Kier alpha value is -0.890. The number of halogens is 1. The van der Waals surface area contributed by atoms with Gasteiger partial charge in [0, 0.05) is 22.5 Å². The monoisotopic (exact) mass is 156 g/mol. The van der Waals surface area contributed by atoms with Crippen LogP contribution in [-0.4, -0.2) is 4.98 Å². The van der Waals surface area contributed by atoms with E-state index in [0.717, 1.165) is 10.6 Å². The Morgan fingerprint density at radius 1 is 1.80 bits per heavy atom. The molecule has 0 aliphatic carbocycles. The lowest BCUT2D eigenvalue weighted by Crippen LogP contribution is -2.26. The molecule has 1 heterocycles. The van der Waals surface area contributed by atoms with Gasteiger partial charge in [0.2, 0.25) is 0 Å². The number of nitrogens with one attached hydrogen (secondary N) is 1. The summed E-state index contributed by atoms with van der Waals surface area (Å²) in [4.78, 5) is 2.87. The van der Waals surface area contributed by atoms with E-state index in [9.17, 15) is 0 Å². The van der Waals surface area contributed by atoms with Gasteiger partial charge in [-0.25, -0.2) is 0 Å². The van der Waals surface area contributed by atoms with Crippen molar-refractivity contribution in [3.63, 3.8) is 0 Å². The van der Waals surface area contributed by atoms with E-state index in [-0.39, 0.29) is 0 Å². The molecular weight excluding hydrogens is 148 g/mol. The minimum absolute atomic E-state index is 0.630. The fourth-order valence-corrected chi connectivity index (χ4v) is 1.18. The van der Waals surface area contributed by atoms with Crippen molar-refractivity contribution in [1.29, 1.82) is 0 Å². The number of hydrogen-bond acceptors (Lipinski definition) is 1. The highest BCUT2D eigenvalue weighted by molar-refractivity contribution is 6.30. The maximum absolute atomic E-state index is 5.77. The molecule has 3 N–H and O–H groups in total. The summed E-state index contributed by atoms with van der Waals surface area (Å²) < 4.78 is 0. The predicted molar refractivity (Wildman–Crippen MR) is 43.8 cm³/mol. The zero-order chi connectivity index (χ0) is 7.72. The van der Waals surface area contributed by atoms with Crippen molar-refractivity contribution in [1.82, 2.24) is 4.98 Å². The first-order valence-electron chi connectivity index (χ1n) is 2.91. The van der Waals surface area contributed by atoms with Crippen LogP contribution in [0.3, 0.4) is 0 Å². The van der Waals surface area contributed by atoms with Crippen molar-refractivity contribution in [3.05, 3.63) is 21.8 Å². The highest BCUT2D eigenvalue weighted by Gasteiger charge is 1.94. The number of H-pyrrole nitrogens is 1. The van der Waals surface area contributed by atoms with Crippen molar-refractivity contribution < 1.29 is 0 Å². The normalized spacial score (nSPS) is 13.4. The lowest BCUT2D eigenvalue weighted by molar-refractivity contribution is 1.31. The third-order valence-corrected chi connectivity index (χ3v) is 1.61. The molecule has 1 rings (SSSR count). The minimum Gasteiger partial charge on any atom is -0.402 e. The highest BCUT2D eigenvalue weighted by atomic mass is 35.5. The van der Waals surface area contributed by atoms with Gasteiger partial charge >= 0.3 is 0 Å². The number of rotatable bonds is 0. The molecule has 1 aromatic heterocycles. The molecule has 2 nitrogen and oxygen atoms in total. The van der Waals surface area contributed by atoms with Crippen LogP contribution in [-0.2, 0) is 0 Å². The van der Waals surface area contributed by atoms with Crippen LogP contribution in [0.5, 0.6) is 0 Å². The average molecular weight is 157 g/mol. The van der Waals surface area contributed by atoms with Crippen LogP contribution >= 0.6 is 11.6 Å². The summed E-state index contributed by atoms with van der Waals surface area (Å²) >= 11 is 5.77. The minimum atomic E-state index is 0.630. The molecule has 54 valence electrons. The predicted octanol–water partition coefficient (Wildman–Crippen LogP) is 0.165. The standard InChI is InChI=1S/C7H9ClN2/c1-4(9)7-5(2)10-3-6(7)8/h3,10H,2,9H2,1H3/b7-4-. The lowest BCUT2D eigenvalue weighted by Gasteiger charge is -1.85. The SMILES string of the molecule is C=c1[nH]cc(Cl)/c1=C(/C)N. The van der Waals surface area contributed by atoms with Crippen LogP contribution in [0.1, 0.15) is 6.92 Å². The Balaban J connectivity index is 3.70. The highest BCUT2D eigenvalue weighted by Crippen LogP contribution is 1.94. The van der Waals surface area contributed by atoms with E-state index in [1.165, 1.54) is 0 Å². The second-order valence-corrected chi connectivity index (χ2v) is 2.58. The number of aromatic nitrogens is 1. The van der Waals surface area contributed by atoms with E-state index in [2.05, 4.69) is 11.6 Å². The van der Waals surface area contributed by atoms with E-state index in [1.54, 1.807) is 13.1 Å². The van der Waals surface area contributed by atoms with E-state index in [0.29, 0.717) is 10.7 Å². The van der Waals surface area contributed by atoms with Gasteiger partial charge in [-0.05, 0) is 6.92 Å². The van der Waals surface area contributed by atoms with Crippen molar-refractivity contribution in [2.45, 2.75) is 6.92 Å². The number of nitrogens with two attached hydrogens (primary N) is 1. The average Bonchev–Trinajstić information content (AvgIpc) is 2.11. The second-order valence-electron chi connectivity index (χ2n) is 2.17. The molecule has 1 aromatic rings. The summed E-state index contributed by atoms with van der Waals surface area (Å²) in [5, 5.41) is 2.22. The topological polar surface area (TPSA) is 41.8 Å². The van der Waals surface area contributed by atoms with E-state index >= 15 is 0 Å². The molecule has 0 unspecified atom stereocenters. The van der Waals surface area contributed by atoms with Gasteiger partial charge in [-0.3, -0.25) is 0 Å². The summed E-state index contributed by atoms with van der Waals surface area (Å²) in [6, 6.07) is 0. The summed E-state index contributed by atoms with van der Waals surface area (Å²) in [5.74, 6) is 0. The van der Waals surface area contributed by atoms with Crippen LogP contribution in [0, 0.1) is 0 Å². The van der Waals surface area contributed by atoms with Gasteiger partial charge in [0.25, 0.3) is 0 Å². The van der Waals surface area contributed by atoms with Crippen molar-refractivity contribution >= 4 is 23.9 Å². The van der Waals surface area contributed by atoms with Gasteiger partial charge in [0.05, 0.1) is 5.02 Å². The van der Waals surface area contributed by atoms with Gasteiger partial charge in [0.1, 0.15) is 0 Å². The molecule has 0 fully saturated rings. The Labute approximate surface area is 64.0 Å². The Morgan fingerprint density at radius 3 is 2.60 bits per heavy atom. The lowest BCUT2D eigenvalue weighted by atomic mass is 10.3. The van der Waals surface area contributed by atoms with E-state index in [4.69, 9.17) is 17.3 Å². The molecule has 0 spiro atoms. The van der Waals surface area contributed by atoms with Crippen LogP contribution in [0.25, 0.3) is 12.3 Å². The zero-order valence-electron chi connectivity index (χ0n) is 5.74. The molecule has 0 bridgehead atoms. The Kier molecular flexibility index (Phi) is 1.72. The van der Waals surface area contributed by atoms with Crippen LogP contribution in [0.4, 0.5) is 0 Å². The third-order valence-electron chi connectivity index (χ3n) is 1.31. The van der Waals surface area contributed by atoms with Gasteiger partial charge in [-0.15, -0.1) is 0 Å². The Morgan fingerprint density at radius 2 is 2.40 bits per heavy atom. The summed E-state index contributed by atoms with van der Waals surface area (Å²) in [5.41, 5.74) is 6.22. The molecular formula is C7H9ClN2. The largest absolute Gasteiger partial charge is 0.402 e. The molecule has 0 radical (unpaired) electrons. The van der Waals surface area contributed by atoms with Crippen LogP contribution in [0.2, 0.25) is 5.02 Å². The van der Waals surface area contributed by atoms with Crippen LogP contribution < -0.4 is 16.3 Å². The second kappa shape index (κ2) is 2.39. The fraction of sp³-hybridized carbons (Fsp3) is 0.143. The van der Waals surface area contributed by atoms with Crippen molar-refractivity contribution in [3.8, 4) is 0 Å². The molecule has 3 heteroatoms. The van der Waals surface area contributed by atoms with Crippen LogP contribution in [0.15, 0.2) is 6.20 Å². The molecule has 0 atom stereocenters. The van der Waals surface area contributed by atoms with E-state index < -0.39 is 0 Å².